The van der Waals surface area contributed by atoms with Gasteiger partial charge in [-0.2, -0.15) is 0 Å². The number of sulfonamides is 1. The Morgan fingerprint density at radius 2 is 1.73 bits per heavy atom. The number of nitrogens with zero attached hydrogens (tertiary/aromatic N) is 1. The van der Waals surface area contributed by atoms with Crippen molar-refractivity contribution in [3.05, 3.63) is 64.5 Å². The van der Waals surface area contributed by atoms with Crippen molar-refractivity contribution < 1.29 is 37.2 Å². The molecule has 2 aromatic rings. The molecule has 1 fully saturated rings. The molecule has 0 aromatic heterocycles. The van der Waals surface area contributed by atoms with Crippen molar-refractivity contribution in [2.24, 2.45) is 0 Å². The van der Waals surface area contributed by atoms with Gasteiger partial charge in [-0.1, -0.05) is 18.2 Å². The summed E-state index contributed by atoms with van der Waals surface area (Å²) in [4.78, 5) is 40.0. The van der Waals surface area contributed by atoms with Gasteiger partial charge in [0.05, 0.1) is 5.36 Å². The van der Waals surface area contributed by atoms with E-state index in [2.05, 4.69) is 4.84 Å². The topological polar surface area (TPSA) is 220 Å². The summed E-state index contributed by atoms with van der Waals surface area (Å²) in [5.74, 6) is -2.76. The van der Waals surface area contributed by atoms with E-state index in [4.69, 9.17) is 21.0 Å². The SMILES string of the molecule is Cc1cc(C(=N)[O-])ccc1-c1c2ccc(=N)c(S(=O)(=O)NC(=O)ON3C(=O)CCC3=O)c-2oc2c(C)c(N)ccc12. The molecule has 210 valence electrons. The third kappa shape index (κ3) is 4.63. The van der Waals surface area contributed by atoms with Crippen LogP contribution in [0.4, 0.5) is 10.5 Å². The fourth-order valence-corrected chi connectivity index (χ4v) is 5.82. The van der Waals surface area contributed by atoms with Crippen LogP contribution in [0.5, 0.6) is 0 Å². The van der Waals surface area contributed by atoms with E-state index in [0.29, 0.717) is 33.3 Å². The number of benzene rings is 3. The molecule has 5 N–H and O–H groups in total. The lowest BCUT2D eigenvalue weighted by atomic mass is 9.89. The number of amides is 3. The van der Waals surface area contributed by atoms with E-state index in [1.54, 1.807) is 36.8 Å². The Kier molecular flexibility index (Phi) is 6.50. The summed E-state index contributed by atoms with van der Waals surface area (Å²) in [6.07, 6.45) is -2.00. The van der Waals surface area contributed by atoms with Crippen LogP contribution in [0, 0.1) is 24.7 Å². The molecule has 2 aliphatic heterocycles. The number of nitrogens with two attached hydrogens (primary N) is 1. The van der Waals surface area contributed by atoms with Crippen molar-refractivity contribution in [2.75, 3.05) is 5.73 Å². The molecule has 3 aliphatic rings. The first-order valence-corrected chi connectivity index (χ1v) is 13.6. The maximum Gasteiger partial charge on any atom is 0.446 e. The Labute approximate surface area is 232 Å². The number of fused-ring (bicyclic) bond motifs is 2. The Bertz CT molecular complexity index is 1950. The first-order valence-electron chi connectivity index (χ1n) is 12.1. The van der Waals surface area contributed by atoms with Crippen molar-refractivity contribution in [3.8, 4) is 22.5 Å². The molecule has 1 aliphatic carbocycles. The Morgan fingerprint density at radius 3 is 2.37 bits per heavy atom. The monoisotopic (exact) mass is 576 g/mol. The molecule has 1 saturated heterocycles. The average molecular weight is 577 g/mol. The molecule has 0 saturated carbocycles. The van der Waals surface area contributed by atoms with E-state index in [1.807, 2.05) is 0 Å². The molecule has 0 radical (unpaired) electrons. The number of anilines is 1. The van der Waals surface area contributed by atoms with Gasteiger partial charge < -0.3 is 25.5 Å². The van der Waals surface area contributed by atoms with Gasteiger partial charge in [0, 0.05) is 40.6 Å². The first kappa shape index (κ1) is 27.3. The van der Waals surface area contributed by atoms with Crippen molar-refractivity contribution in [1.29, 1.82) is 10.8 Å². The van der Waals surface area contributed by atoms with Crippen LogP contribution in [0.3, 0.4) is 0 Å². The normalized spacial score (nSPS) is 13.7. The highest BCUT2D eigenvalue weighted by Crippen LogP contribution is 2.44. The standard InChI is InChI=1S/C27H23N5O8S/c1-12-11-14(26(30)35)3-4-15(12)22-16-5-7-18(28)13(2)23(16)39-24-17(22)6-8-19(29)25(24)41(37,38)31-27(36)40-32-20(33)9-10-21(32)34/h3-8,11,29H,9-10,28H2,1-2H3,(H2,30,35)(H,31,36)/p-1. The molecule has 0 bridgehead atoms. The summed E-state index contributed by atoms with van der Waals surface area (Å²) in [5, 5.41) is 27.7. The van der Waals surface area contributed by atoms with Gasteiger partial charge in [0.15, 0.2) is 10.7 Å². The lowest BCUT2D eigenvalue weighted by Gasteiger charge is -2.21. The number of rotatable bonds is 5. The Balaban J connectivity index is 1.73. The summed E-state index contributed by atoms with van der Waals surface area (Å²) in [7, 11) is -4.87. The zero-order valence-corrected chi connectivity index (χ0v) is 22.5. The molecule has 3 amide bonds. The minimum atomic E-state index is -4.87. The minimum absolute atomic E-state index is 0.162. The molecule has 14 heteroatoms. The highest BCUT2D eigenvalue weighted by molar-refractivity contribution is 7.90. The fourth-order valence-electron chi connectivity index (χ4n) is 4.71. The second kappa shape index (κ2) is 9.75. The lowest BCUT2D eigenvalue weighted by Crippen LogP contribution is -2.40. The molecular formula is C27H22N5O8S-. The Hall–Kier alpha value is -5.24. The van der Waals surface area contributed by atoms with E-state index in [9.17, 15) is 27.9 Å². The van der Waals surface area contributed by atoms with Crippen molar-refractivity contribution in [2.45, 2.75) is 31.6 Å². The number of carbonyl (C=O) groups is 3. The number of aryl methyl sites for hydroxylation is 2. The van der Waals surface area contributed by atoms with Crippen molar-refractivity contribution in [1.82, 2.24) is 9.79 Å². The highest BCUT2D eigenvalue weighted by atomic mass is 32.2. The van der Waals surface area contributed by atoms with Gasteiger partial charge in [-0.3, -0.25) is 15.0 Å². The molecule has 2 heterocycles. The predicted octanol–water partition coefficient (Wildman–Crippen LogP) is 2.05. The van der Waals surface area contributed by atoms with Crippen LogP contribution in [0.2, 0.25) is 0 Å². The number of hydrogen-bond donors (Lipinski definition) is 4. The molecular weight excluding hydrogens is 554 g/mol. The Morgan fingerprint density at radius 1 is 1.07 bits per heavy atom. The van der Waals surface area contributed by atoms with Gasteiger partial charge in [0.2, 0.25) is 0 Å². The first-order chi connectivity index (χ1) is 19.3. The largest absolute Gasteiger partial charge is 0.859 e. The van der Waals surface area contributed by atoms with E-state index in [-0.39, 0.29) is 40.4 Å². The van der Waals surface area contributed by atoms with E-state index in [0.717, 1.165) is 0 Å². The summed E-state index contributed by atoms with van der Waals surface area (Å²) in [6, 6.07) is 10.7. The van der Waals surface area contributed by atoms with Crippen LogP contribution in [0.25, 0.3) is 33.4 Å². The summed E-state index contributed by atoms with van der Waals surface area (Å²) < 4.78 is 34.7. The maximum atomic E-state index is 13.5. The number of nitrogen functional groups attached to an aromatic ring is 1. The zero-order chi connectivity index (χ0) is 29.8. The van der Waals surface area contributed by atoms with Crippen LogP contribution in [0.1, 0.15) is 29.5 Å². The van der Waals surface area contributed by atoms with Crippen LogP contribution in [0.15, 0.2) is 51.8 Å². The molecule has 41 heavy (non-hydrogen) atoms. The molecule has 13 nitrogen and oxygen atoms in total. The van der Waals surface area contributed by atoms with Crippen LogP contribution >= 0.6 is 0 Å². The number of carbonyl (C=O) groups excluding carboxylic acids is 3. The number of hydroxylamine groups is 2. The molecule has 2 aromatic carbocycles. The number of nitrogens with one attached hydrogen (secondary N) is 3. The van der Waals surface area contributed by atoms with Crippen LogP contribution < -0.4 is 20.9 Å². The van der Waals surface area contributed by atoms with E-state index < -0.39 is 44.1 Å². The van der Waals surface area contributed by atoms with Gasteiger partial charge in [0.25, 0.3) is 21.8 Å². The molecule has 0 unspecified atom stereocenters. The summed E-state index contributed by atoms with van der Waals surface area (Å²) in [6.45, 7) is 3.40. The maximum absolute atomic E-state index is 13.5. The molecule has 5 rings (SSSR count). The van der Waals surface area contributed by atoms with Gasteiger partial charge in [-0.15, -0.1) is 5.06 Å². The molecule has 0 spiro atoms. The van der Waals surface area contributed by atoms with Crippen LogP contribution in [-0.2, 0) is 24.4 Å². The third-order valence-electron chi connectivity index (χ3n) is 6.73. The second-order valence-corrected chi connectivity index (χ2v) is 11.0. The van der Waals surface area contributed by atoms with Gasteiger partial charge in [0.1, 0.15) is 5.58 Å². The van der Waals surface area contributed by atoms with Gasteiger partial charge in [-0.05, 0) is 60.7 Å². The smallest absolute Gasteiger partial charge is 0.446 e. The molecule has 0 atom stereocenters. The van der Waals surface area contributed by atoms with E-state index in [1.165, 1.54) is 24.3 Å². The minimum Gasteiger partial charge on any atom is -0.859 e. The van der Waals surface area contributed by atoms with Crippen LogP contribution in [-0.4, -0.2) is 37.3 Å². The summed E-state index contributed by atoms with van der Waals surface area (Å²) >= 11 is 0. The lowest BCUT2D eigenvalue weighted by molar-refractivity contribution is -0.214. The van der Waals surface area contributed by atoms with Gasteiger partial charge in [-0.25, -0.2) is 17.9 Å². The predicted molar refractivity (Wildman–Crippen MR) is 143 cm³/mol. The summed E-state index contributed by atoms with van der Waals surface area (Å²) in [5.41, 5.74) is 9.27. The van der Waals surface area contributed by atoms with Crippen molar-refractivity contribution >= 4 is 50.5 Å². The quantitative estimate of drug-likeness (QED) is 0.0896. The third-order valence-corrected chi connectivity index (χ3v) is 8.11. The van der Waals surface area contributed by atoms with E-state index >= 15 is 0 Å². The highest BCUT2D eigenvalue weighted by Gasteiger charge is 2.35. The number of hydrogen-bond acceptors (Lipinski definition) is 11. The fraction of sp³-hybridized carbons (Fsp3) is 0.148. The average Bonchev–Trinajstić information content (AvgIpc) is 3.21. The van der Waals surface area contributed by atoms with Crippen molar-refractivity contribution in [3.63, 3.8) is 0 Å². The second-order valence-electron chi connectivity index (χ2n) is 9.38. The zero-order valence-electron chi connectivity index (χ0n) is 21.7. The number of imide groups is 1. The van der Waals surface area contributed by atoms with Gasteiger partial charge >= 0.3 is 6.09 Å².